The highest BCUT2D eigenvalue weighted by atomic mass is 16.2. The Morgan fingerprint density at radius 2 is 1.47 bits per heavy atom. The zero-order valence-electron chi connectivity index (χ0n) is 22.5. The number of nitrogens with one attached hydrogen (secondary N) is 2. The average Bonchev–Trinajstić information content (AvgIpc) is 3.12. The largest absolute Gasteiger partial charge is 0.363 e. The lowest BCUT2D eigenvalue weighted by atomic mass is 9.85. The van der Waals surface area contributed by atoms with Gasteiger partial charge in [-0.15, -0.1) is 0 Å². The molecule has 1 saturated heterocycles. The van der Waals surface area contributed by atoms with Crippen LogP contribution in [0.1, 0.15) is 88.0 Å². The summed E-state index contributed by atoms with van der Waals surface area (Å²) in [6, 6.07) is -2.65. The number of carbonyl (C=O) groups is 5. The minimum absolute atomic E-state index is 0.0739. The highest BCUT2D eigenvalue weighted by Crippen LogP contribution is 2.28. The molecule has 2 fully saturated rings. The van der Waals surface area contributed by atoms with Crippen molar-refractivity contribution in [2.24, 2.45) is 23.0 Å². The number of hydrogen-bond acceptors (Lipinski definition) is 5. The first-order valence-corrected chi connectivity index (χ1v) is 12.4. The lowest BCUT2D eigenvalue weighted by Crippen LogP contribution is -2.58. The molecule has 9 heteroatoms. The quantitative estimate of drug-likeness (QED) is 0.498. The Hall–Kier alpha value is -2.45. The van der Waals surface area contributed by atoms with E-state index >= 15 is 0 Å². The fourth-order valence-electron chi connectivity index (χ4n) is 3.76. The van der Waals surface area contributed by atoms with Crippen LogP contribution in [0.15, 0.2) is 0 Å². The van der Waals surface area contributed by atoms with Crippen LogP contribution < -0.4 is 16.4 Å². The maximum absolute atomic E-state index is 13.1. The Kier molecular flexibility index (Phi) is 13.1. The van der Waals surface area contributed by atoms with Gasteiger partial charge in [-0.05, 0) is 30.6 Å². The van der Waals surface area contributed by atoms with Crippen molar-refractivity contribution in [3.8, 4) is 0 Å². The molecule has 4 N–H and O–H groups in total. The summed E-state index contributed by atoms with van der Waals surface area (Å²) in [6.45, 7) is 16.8. The van der Waals surface area contributed by atoms with Crippen LogP contribution in [0.25, 0.3) is 0 Å². The fourth-order valence-corrected chi connectivity index (χ4v) is 3.76. The van der Waals surface area contributed by atoms with Gasteiger partial charge in [-0.3, -0.25) is 24.0 Å². The van der Waals surface area contributed by atoms with Crippen molar-refractivity contribution < 1.29 is 24.0 Å². The van der Waals surface area contributed by atoms with E-state index in [1.165, 1.54) is 38.0 Å². The molecular formula is C25H46N4O5. The molecule has 1 aliphatic heterocycles. The van der Waals surface area contributed by atoms with E-state index in [2.05, 4.69) is 17.6 Å². The van der Waals surface area contributed by atoms with Crippen molar-refractivity contribution in [1.82, 2.24) is 15.5 Å². The molecule has 1 heterocycles. The number of hydrogen-bond donors (Lipinski definition) is 3. The molecular weight excluding hydrogens is 436 g/mol. The van der Waals surface area contributed by atoms with Gasteiger partial charge >= 0.3 is 0 Å². The maximum Gasteiger partial charge on any atom is 0.287 e. The molecule has 3 unspecified atom stereocenters. The minimum Gasteiger partial charge on any atom is -0.363 e. The number of amides is 4. The van der Waals surface area contributed by atoms with Gasteiger partial charge in [-0.1, -0.05) is 67.7 Å². The lowest BCUT2D eigenvalue weighted by molar-refractivity contribution is -0.144. The molecule has 34 heavy (non-hydrogen) atoms. The summed E-state index contributed by atoms with van der Waals surface area (Å²) in [5.41, 5.74) is 4.40. The summed E-state index contributed by atoms with van der Waals surface area (Å²) in [7, 11) is 0. The van der Waals surface area contributed by atoms with E-state index < -0.39 is 41.1 Å². The van der Waals surface area contributed by atoms with Crippen molar-refractivity contribution in [3.63, 3.8) is 0 Å². The van der Waals surface area contributed by atoms with Gasteiger partial charge in [-0.2, -0.15) is 0 Å². The molecule has 4 amide bonds. The summed E-state index contributed by atoms with van der Waals surface area (Å²) >= 11 is 0. The number of Topliss-reactive ketones (excluding diaryl/α,β-unsaturated/α-hetero) is 1. The van der Waals surface area contributed by atoms with Crippen LogP contribution >= 0.6 is 0 Å². The first kappa shape index (κ1) is 31.6. The summed E-state index contributed by atoms with van der Waals surface area (Å²) in [5.74, 6) is -2.11. The summed E-state index contributed by atoms with van der Waals surface area (Å²) in [4.78, 5) is 61.3. The van der Waals surface area contributed by atoms with Crippen LogP contribution in [-0.2, 0) is 24.0 Å². The third kappa shape index (κ3) is 9.81. The van der Waals surface area contributed by atoms with Crippen LogP contribution in [0.4, 0.5) is 0 Å². The molecule has 0 aromatic heterocycles. The predicted molar refractivity (Wildman–Crippen MR) is 133 cm³/mol. The third-order valence-corrected chi connectivity index (χ3v) is 5.95. The van der Waals surface area contributed by atoms with Gasteiger partial charge in [0.15, 0.2) is 0 Å². The van der Waals surface area contributed by atoms with Crippen molar-refractivity contribution in [3.05, 3.63) is 0 Å². The van der Waals surface area contributed by atoms with E-state index in [1.807, 2.05) is 41.5 Å². The number of carbonyl (C=O) groups excluding carboxylic acids is 5. The SMILES string of the molecule is CC.CC(=O)NC(C(=O)N1CC(C)C[C@H]1C(=O)NC(C)C(=O)C(N)=O)C(C)(C)C.CC1CCC1. The van der Waals surface area contributed by atoms with Gasteiger partial charge in [0.25, 0.3) is 5.91 Å². The Morgan fingerprint density at radius 3 is 1.82 bits per heavy atom. The number of ketones is 1. The van der Waals surface area contributed by atoms with E-state index in [4.69, 9.17) is 5.73 Å². The van der Waals surface area contributed by atoms with E-state index in [9.17, 15) is 24.0 Å². The Balaban J connectivity index is 0.00000134. The Bertz CT molecular complexity index is 727. The van der Waals surface area contributed by atoms with Gasteiger partial charge in [-0.25, -0.2) is 0 Å². The molecule has 9 nitrogen and oxygen atoms in total. The van der Waals surface area contributed by atoms with E-state index in [1.54, 1.807) is 0 Å². The number of rotatable bonds is 6. The molecule has 2 rings (SSSR count). The van der Waals surface area contributed by atoms with E-state index in [-0.39, 0.29) is 17.7 Å². The van der Waals surface area contributed by atoms with E-state index in [0.717, 1.165) is 5.92 Å². The van der Waals surface area contributed by atoms with Crippen LogP contribution in [0.3, 0.4) is 0 Å². The maximum atomic E-state index is 13.1. The zero-order valence-corrected chi connectivity index (χ0v) is 22.5. The monoisotopic (exact) mass is 482 g/mol. The Morgan fingerprint density at radius 1 is 0.971 bits per heavy atom. The molecule has 1 saturated carbocycles. The first-order valence-electron chi connectivity index (χ1n) is 12.4. The lowest BCUT2D eigenvalue weighted by Gasteiger charge is -2.35. The topological polar surface area (TPSA) is 139 Å². The smallest absolute Gasteiger partial charge is 0.287 e. The van der Waals surface area contributed by atoms with Gasteiger partial charge in [0.2, 0.25) is 23.5 Å². The minimum atomic E-state index is -1.13. The molecule has 0 spiro atoms. The summed E-state index contributed by atoms with van der Waals surface area (Å²) in [5, 5.41) is 5.12. The molecule has 4 atom stereocenters. The second-order valence-electron chi connectivity index (χ2n) is 10.3. The normalized spacial score (nSPS) is 21.4. The summed E-state index contributed by atoms with van der Waals surface area (Å²) in [6.07, 6.45) is 4.88. The third-order valence-electron chi connectivity index (χ3n) is 5.95. The average molecular weight is 483 g/mol. The van der Waals surface area contributed by atoms with Crippen LogP contribution in [0.2, 0.25) is 0 Å². The number of nitrogens with two attached hydrogens (primary N) is 1. The molecule has 0 aromatic rings. The van der Waals surface area contributed by atoms with Crippen LogP contribution in [0.5, 0.6) is 0 Å². The van der Waals surface area contributed by atoms with Gasteiger partial charge < -0.3 is 21.3 Å². The van der Waals surface area contributed by atoms with Gasteiger partial charge in [0, 0.05) is 13.5 Å². The van der Waals surface area contributed by atoms with Crippen molar-refractivity contribution in [2.75, 3.05) is 6.54 Å². The van der Waals surface area contributed by atoms with Gasteiger partial charge in [0.1, 0.15) is 12.1 Å². The number of nitrogens with zero attached hydrogens (tertiary/aromatic N) is 1. The molecule has 2 aliphatic rings. The number of primary amides is 1. The standard InChI is InChI=1S/C18H30N4O5.C5H10.C2H6/c1-9-7-12(16(26)20-10(2)13(24)15(19)25)22(8-9)17(27)14(18(4,5)6)21-11(3)23;1-5-3-2-4-5;1-2/h9-10,12,14H,7-8H2,1-6H3,(H2,19,25)(H,20,26)(H,21,23);5H,2-4H2,1H3;1-2H3/t9?,10?,12-,14?;;/m0../s1. The zero-order chi connectivity index (χ0) is 26.8. The van der Waals surface area contributed by atoms with E-state index in [0.29, 0.717) is 13.0 Å². The molecule has 1 aliphatic carbocycles. The van der Waals surface area contributed by atoms with Crippen molar-refractivity contribution in [2.45, 2.75) is 106 Å². The second kappa shape index (κ2) is 14.1. The fraction of sp³-hybridized carbons (Fsp3) is 0.800. The molecule has 0 aromatic carbocycles. The first-order chi connectivity index (χ1) is 15.6. The second-order valence-corrected chi connectivity index (χ2v) is 10.3. The molecule has 0 bridgehead atoms. The van der Waals surface area contributed by atoms with Crippen LogP contribution in [0, 0.1) is 17.3 Å². The summed E-state index contributed by atoms with van der Waals surface area (Å²) < 4.78 is 0. The van der Waals surface area contributed by atoms with Crippen molar-refractivity contribution >= 4 is 29.4 Å². The number of likely N-dealkylation sites (tertiary alicyclic amines) is 1. The highest BCUT2D eigenvalue weighted by molar-refractivity contribution is 6.37. The Labute approximate surface area is 205 Å². The van der Waals surface area contributed by atoms with Crippen molar-refractivity contribution in [1.29, 1.82) is 0 Å². The molecule has 0 radical (unpaired) electrons. The predicted octanol–water partition coefficient (Wildman–Crippen LogP) is 2.17. The van der Waals surface area contributed by atoms with Crippen LogP contribution in [-0.4, -0.2) is 59.0 Å². The highest BCUT2D eigenvalue weighted by Gasteiger charge is 2.44. The van der Waals surface area contributed by atoms with Gasteiger partial charge in [0.05, 0.1) is 6.04 Å². The molecule has 196 valence electrons.